The number of hydrogen-bond donors (Lipinski definition) is 0. The first kappa shape index (κ1) is 29.6. The molecule has 1 aromatic carbocycles. The summed E-state index contributed by atoms with van der Waals surface area (Å²) in [5.41, 5.74) is 1.44. The van der Waals surface area contributed by atoms with Crippen molar-refractivity contribution in [1.29, 1.82) is 0 Å². The molecule has 0 aliphatic carbocycles. The molecular formula is C30H39N5O7. The number of nitrogens with zero attached hydrogens (tertiary/aromatic N) is 5. The summed E-state index contributed by atoms with van der Waals surface area (Å²) >= 11 is 0. The Hall–Kier alpha value is -3.90. The molecule has 0 N–H and O–H groups in total. The van der Waals surface area contributed by atoms with Crippen LogP contribution in [0.2, 0.25) is 0 Å². The van der Waals surface area contributed by atoms with Gasteiger partial charge < -0.3 is 33.5 Å². The Balaban J connectivity index is 1.32. The largest absolute Gasteiger partial charge is 0.493 e. The average Bonchev–Trinajstić information content (AvgIpc) is 3.36. The number of aromatic nitrogens is 3. The first-order chi connectivity index (χ1) is 20.5. The van der Waals surface area contributed by atoms with Crippen molar-refractivity contribution >= 4 is 17.6 Å². The van der Waals surface area contributed by atoms with Gasteiger partial charge in [-0.1, -0.05) is 0 Å². The molecule has 1 saturated heterocycles. The van der Waals surface area contributed by atoms with Crippen LogP contribution in [0.15, 0.2) is 36.8 Å². The van der Waals surface area contributed by atoms with Crippen LogP contribution in [-0.4, -0.2) is 109 Å². The van der Waals surface area contributed by atoms with E-state index < -0.39 is 5.97 Å². The predicted octanol–water partition coefficient (Wildman–Crippen LogP) is 3.09. The van der Waals surface area contributed by atoms with E-state index in [4.69, 9.17) is 23.7 Å². The number of ether oxygens (including phenoxy) is 5. The van der Waals surface area contributed by atoms with Crippen LogP contribution in [-0.2, 0) is 9.47 Å². The minimum absolute atomic E-state index is 0.295. The lowest BCUT2D eigenvalue weighted by molar-refractivity contribution is 0.0221. The fraction of sp³-hybridized carbons (Fsp3) is 0.533. The van der Waals surface area contributed by atoms with E-state index >= 15 is 0 Å². The second-order valence-electron chi connectivity index (χ2n) is 10.6. The van der Waals surface area contributed by atoms with Crippen LogP contribution in [0.5, 0.6) is 17.2 Å². The third-order valence-electron chi connectivity index (χ3n) is 7.71. The highest BCUT2D eigenvalue weighted by atomic mass is 16.5. The van der Waals surface area contributed by atoms with Crippen molar-refractivity contribution in [2.45, 2.75) is 38.2 Å². The minimum atomic E-state index is -0.433. The van der Waals surface area contributed by atoms with E-state index in [1.54, 1.807) is 41.2 Å². The summed E-state index contributed by atoms with van der Waals surface area (Å²) in [6.45, 7) is 6.25. The maximum absolute atomic E-state index is 13.2. The van der Waals surface area contributed by atoms with Gasteiger partial charge in [-0.05, 0) is 69.5 Å². The fourth-order valence-electron chi connectivity index (χ4n) is 5.41. The average molecular weight is 582 g/mol. The Bertz CT molecular complexity index is 1360. The van der Waals surface area contributed by atoms with E-state index in [-0.39, 0.29) is 12.1 Å². The number of rotatable bonds is 4. The second-order valence-corrected chi connectivity index (χ2v) is 10.6. The van der Waals surface area contributed by atoms with Gasteiger partial charge in [0.2, 0.25) is 5.75 Å². The summed E-state index contributed by atoms with van der Waals surface area (Å²) in [7, 11) is 3.04. The summed E-state index contributed by atoms with van der Waals surface area (Å²) in [6.07, 6.45) is 6.71. The Morgan fingerprint density at radius 3 is 2.50 bits per heavy atom. The van der Waals surface area contributed by atoms with Gasteiger partial charge in [0, 0.05) is 32.4 Å². The lowest BCUT2D eigenvalue weighted by Crippen LogP contribution is -2.34. The second kappa shape index (κ2) is 14.3. The third kappa shape index (κ3) is 7.48. The van der Waals surface area contributed by atoms with Crippen LogP contribution in [0.25, 0.3) is 5.65 Å². The van der Waals surface area contributed by atoms with E-state index in [1.165, 1.54) is 14.2 Å². The number of fused-ring (bicyclic) bond motifs is 6. The highest BCUT2D eigenvalue weighted by molar-refractivity contribution is 5.91. The number of cyclic esters (lactones) is 1. The number of esters is 2. The Morgan fingerprint density at radius 1 is 0.905 bits per heavy atom. The molecule has 0 saturated carbocycles. The van der Waals surface area contributed by atoms with Gasteiger partial charge >= 0.3 is 11.9 Å². The Labute approximate surface area is 245 Å². The molecule has 0 spiro atoms. The molecule has 5 rings (SSSR count). The van der Waals surface area contributed by atoms with Gasteiger partial charge in [-0.2, -0.15) is 0 Å². The van der Waals surface area contributed by atoms with E-state index in [2.05, 4.69) is 20.0 Å². The standard InChI is InChI=1S/C30H39N5O7/c1-38-25-18-23-19-26(28(25)39-2)40-16-3-6-24(42-30(37)22-7-8-27-32-31-21-35(27)20-22)9-13-34-11-4-10-33(14-15-34)12-5-17-41-29(23)36/h7-8,18-21,24H,3-6,9-17H2,1-2H3. The summed E-state index contributed by atoms with van der Waals surface area (Å²) in [5.74, 6) is 0.370. The third-order valence-corrected chi connectivity index (χ3v) is 7.71. The normalized spacial score (nSPS) is 22.5. The van der Waals surface area contributed by atoms with Crippen LogP contribution in [0.4, 0.5) is 0 Å². The van der Waals surface area contributed by atoms with Gasteiger partial charge in [0.1, 0.15) is 12.4 Å². The van der Waals surface area contributed by atoms with E-state index in [0.717, 1.165) is 58.5 Å². The fourth-order valence-corrected chi connectivity index (χ4v) is 5.41. The molecule has 12 heteroatoms. The first-order valence-electron chi connectivity index (χ1n) is 14.5. The predicted molar refractivity (Wildman–Crippen MR) is 153 cm³/mol. The smallest absolute Gasteiger partial charge is 0.339 e. The Kier molecular flexibility index (Phi) is 10.1. The molecule has 2 aromatic heterocycles. The molecule has 4 bridgehead atoms. The summed E-state index contributed by atoms with van der Waals surface area (Å²) in [5, 5.41) is 7.88. The van der Waals surface area contributed by atoms with Crippen LogP contribution in [0, 0.1) is 0 Å². The monoisotopic (exact) mass is 581 g/mol. The van der Waals surface area contributed by atoms with E-state index in [9.17, 15) is 9.59 Å². The molecule has 3 atom stereocenters. The zero-order chi connectivity index (χ0) is 29.3. The van der Waals surface area contributed by atoms with E-state index in [1.807, 2.05) is 0 Å². The SMILES string of the molecule is COc1cc2cc(c1OC)OCCCC(OC(=O)c1ccc3nncn3c1)CCN1CCCN(CCCOC2=O)CC1. The van der Waals surface area contributed by atoms with Crippen molar-refractivity contribution < 1.29 is 33.3 Å². The number of carbonyl (C=O) groups is 2. The molecule has 4 heterocycles. The topological polar surface area (TPSA) is 117 Å². The van der Waals surface area contributed by atoms with Crippen molar-refractivity contribution in [3.8, 4) is 17.2 Å². The number of methoxy groups -OCH3 is 2. The lowest BCUT2D eigenvalue weighted by Gasteiger charge is -2.24. The maximum atomic E-state index is 13.2. The van der Waals surface area contributed by atoms with Gasteiger partial charge in [0.15, 0.2) is 17.1 Å². The molecule has 3 unspecified atom stereocenters. The van der Waals surface area contributed by atoms with Crippen molar-refractivity contribution in [1.82, 2.24) is 24.4 Å². The van der Waals surface area contributed by atoms with Crippen LogP contribution in [0.3, 0.4) is 0 Å². The Morgan fingerprint density at radius 2 is 1.69 bits per heavy atom. The van der Waals surface area contributed by atoms with Gasteiger partial charge in [-0.25, -0.2) is 9.59 Å². The molecule has 2 aliphatic rings. The van der Waals surface area contributed by atoms with Gasteiger partial charge in [0.05, 0.1) is 38.6 Å². The van der Waals surface area contributed by atoms with Crippen molar-refractivity contribution in [3.05, 3.63) is 47.9 Å². The molecule has 226 valence electrons. The number of hydrogen-bond acceptors (Lipinski definition) is 11. The lowest BCUT2D eigenvalue weighted by atomic mass is 10.1. The van der Waals surface area contributed by atoms with Gasteiger partial charge in [0.25, 0.3) is 0 Å². The number of benzene rings is 1. The minimum Gasteiger partial charge on any atom is -0.493 e. The maximum Gasteiger partial charge on any atom is 0.339 e. The van der Waals surface area contributed by atoms with Crippen molar-refractivity contribution in [2.75, 3.05) is 66.7 Å². The molecule has 0 amide bonds. The highest BCUT2D eigenvalue weighted by Gasteiger charge is 2.22. The van der Waals surface area contributed by atoms with Crippen LogP contribution >= 0.6 is 0 Å². The van der Waals surface area contributed by atoms with Gasteiger partial charge in [-0.15, -0.1) is 10.2 Å². The molecule has 1 fully saturated rings. The zero-order valence-electron chi connectivity index (χ0n) is 24.3. The number of pyridine rings is 1. The summed E-state index contributed by atoms with van der Waals surface area (Å²) in [6, 6.07) is 6.68. The van der Waals surface area contributed by atoms with Crippen molar-refractivity contribution in [2.24, 2.45) is 0 Å². The zero-order valence-corrected chi connectivity index (χ0v) is 24.3. The van der Waals surface area contributed by atoms with Crippen molar-refractivity contribution in [3.63, 3.8) is 0 Å². The first-order valence-corrected chi connectivity index (χ1v) is 14.5. The molecule has 2 aliphatic heterocycles. The van der Waals surface area contributed by atoms with Gasteiger partial charge in [-0.3, -0.25) is 4.40 Å². The van der Waals surface area contributed by atoms with E-state index in [0.29, 0.717) is 60.1 Å². The van der Waals surface area contributed by atoms with Crippen LogP contribution in [0.1, 0.15) is 52.8 Å². The van der Waals surface area contributed by atoms with Crippen LogP contribution < -0.4 is 14.2 Å². The molecule has 12 nitrogen and oxygen atoms in total. The molecule has 42 heavy (non-hydrogen) atoms. The summed E-state index contributed by atoms with van der Waals surface area (Å²) < 4.78 is 30.4. The highest BCUT2D eigenvalue weighted by Crippen LogP contribution is 2.39. The quantitative estimate of drug-likeness (QED) is 0.423. The summed E-state index contributed by atoms with van der Waals surface area (Å²) in [4.78, 5) is 30.9. The molecule has 3 aromatic rings. The number of carbonyl (C=O) groups excluding carboxylic acids is 2. The molecular weight excluding hydrogens is 542 g/mol. The molecule has 0 radical (unpaired) electrons.